The molecule has 0 spiro atoms. The zero-order valence-electron chi connectivity index (χ0n) is 10.9. The van der Waals surface area contributed by atoms with E-state index in [1.165, 1.54) is 12.1 Å². The average molecular weight is 268 g/mol. The minimum atomic E-state index is -0.361. The molecule has 0 aliphatic rings. The van der Waals surface area contributed by atoms with Gasteiger partial charge in [-0.05, 0) is 48.9 Å². The number of aromatic amines is 1. The predicted octanol–water partition coefficient (Wildman–Crippen LogP) is 3.43. The van der Waals surface area contributed by atoms with Gasteiger partial charge in [-0.25, -0.2) is 4.39 Å². The minimum absolute atomic E-state index is 0.139. The number of carbonyl (C=O) groups is 1. The second-order valence-corrected chi connectivity index (χ2v) is 4.80. The van der Waals surface area contributed by atoms with Crippen molar-refractivity contribution in [3.05, 3.63) is 65.1 Å². The molecule has 0 saturated heterocycles. The van der Waals surface area contributed by atoms with Crippen LogP contribution in [0.4, 0.5) is 10.1 Å². The average Bonchev–Trinajstić information content (AvgIpc) is 2.81. The van der Waals surface area contributed by atoms with Crippen LogP contribution in [0, 0.1) is 12.7 Å². The maximum Gasteiger partial charge on any atom is 0.195 e. The van der Waals surface area contributed by atoms with Crippen molar-refractivity contribution >= 4 is 22.4 Å². The van der Waals surface area contributed by atoms with E-state index in [2.05, 4.69) is 4.98 Å². The van der Waals surface area contributed by atoms with Gasteiger partial charge < -0.3 is 10.7 Å². The minimum Gasteiger partial charge on any atom is -0.399 e. The van der Waals surface area contributed by atoms with Crippen LogP contribution in [0.5, 0.6) is 0 Å². The third-order valence-corrected chi connectivity index (χ3v) is 3.38. The van der Waals surface area contributed by atoms with Crippen molar-refractivity contribution in [2.24, 2.45) is 0 Å². The Bertz CT molecular complexity index is 820. The lowest BCUT2D eigenvalue weighted by Gasteiger charge is -2.05. The Hall–Kier alpha value is -2.62. The highest BCUT2D eigenvalue weighted by atomic mass is 19.1. The molecule has 1 aromatic heterocycles. The van der Waals surface area contributed by atoms with E-state index in [0.29, 0.717) is 22.2 Å². The molecule has 0 fully saturated rings. The molecule has 3 N–H and O–H groups in total. The van der Waals surface area contributed by atoms with Crippen LogP contribution in [-0.2, 0) is 0 Å². The van der Waals surface area contributed by atoms with Crippen LogP contribution >= 0.6 is 0 Å². The molecule has 0 unspecified atom stereocenters. The third-order valence-electron chi connectivity index (χ3n) is 3.38. The Balaban J connectivity index is 2.15. The van der Waals surface area contributed by atoms with Crippen LogP contribution in [0.3, 0.4) is 0 Å². The quantitative estimate of drug-likeness (QED) is 0.552. The molecule has 1 heterocycles. The van der Waals surface area contributed by atoms with Crippen molar-refractivity contribution in [3.8, 4) is 0 Å². The SMILES string of the molecule is Cc1cc(N)ccc1C(=O)c1c[nH]c2ccc(F)cc12. The molecule has 0 amide bonds. The number of anilines is 1. The van der Waals surface area contributed by atoms with E-state index in [9.17, 15) is 9.18 Å². The van der Waals surface area contributed by atoms with Gasteiger partial charge in [0.05, 0.1) is 0 Å². The number of ketones is 1. The number of nitrogen functional groups attached to an aromatic ring is 1. The summed E-state index contributed by atoms with van der Waals surface area (Å²) in [5.41, 5.74) is 8.89. The molecule has 0 atom stereocenters. The van der Waals surface area contributed by atoms with E-state index in [0.717, 1.165) is 11.1 Å². The van der Waals surface area contributed by atoms with Gasteiger partial charge in [0.25, 0.3) is 0 Å². The second-order valence-electron chi connectivity index (χ2n) is 4.80. The molecular weight excluding hydrogens is 255 g/mol. The normalized spacial score (nSPS) is 10.9. The molecule has 3 nitrogen and oxygen atoms in total. The maximum atomic E-state index is 13.4. The number of H-pyrrole nitrogens is 1. The van der Waals surface area contributed by atoms with Gasteiger partial charge in [0.15, 0.2) is 5.78 Å². The molecule has 3 rings (SSSR count). The Morgan fingerprint density at radius 3 is 2.70 bits per heavy atom. The molecular formula is C16H13FN2O. The van der Waals surface area contributed by atoms with Crippen LogP contribution < -0.4 is 5.73 Å². The molecule has 3 aromatic rings. The largest absolute Gasteiger partial charge is 0.399 e. The van der Waals surface area contributed by atoms with Crippen LogP contribution in [0.15, 0.2) is 42.6 Å². The zero-order valence-corrected chi connectivity index (χ0v) is 10.9. The molecule has 100 valence electrons. The van der Waals surface area contributed by atoms with Crippen molar-refractivity contribution in [2.45, 2.75) is 6.92 Å². The molecule has 0 bridgehead atoms. The number of fused-ring (bicyclic) bond motifs is 1. The lowest BCUT2D eigenvalue weighted by atomic mass is 9.98. The summed E-state index contributed by atoms with van der Waals surface area (Å²) in [7, 11) is 0. The van der Waals surface area contributed by atoms with Gasteiger partial charge in [-0.2, -0.15) is 0 Å². The van der Waals surface area contributed by atoms with Crippen molar-refractivity contribution in [2.75, 3.05) is 5.73 Å². The molecule has 4 heteroatoms. The third kappa shape index (κ3) is 1.95. The summed E-state index contributed by atoms with van der Waals surface area (Å²) < 4.78 is 13.4. The van der Waals surface area contributed by atoms with Crippen LogP contribution in [0.25, 0.3) is 10.9 Å². The van der Waals surface area contributed by atoms with Gasteiger partial charge in [-0.15, -0.1) is 0 Å². The Morgan fingerprint density at radius 2 is 1.95 bits per heavy atom. The monoisotopic (exact) mass is 268 g/mol. The van der Waals surface area contributed by atoms with E-state index >= 15 is 0 Å². The Kier molecular flexibility index (Phi) is 2.79. The molecule has 20 heavy (non-hydrogen) atoms. The molecule has 2 aromatic carbocycles. The summed E-state index contributed by atoms with van der Waals surface area (Å²) in [6, 6.07) is 9.49. The maximum absolute atomic E-state index is 13.4. The Morgan fingerprint density at radius 1 is 1.15 bits per heavy atom. The van der Waals surface area contributed by atoms with E-state index in [1.54, 1.807) is 30.5 Å². The highest BCUT2D eigenvalue weighted by molar-refractivity contribution is 6.17. The molecule has 0 aliphatic heterocycles. The first kappa shape index (κ1) is 12.4. The summed E-state index contributed by atoms with van der Waals surface area (Å²) in [5, 5.41) is 0.589. The van der Waals surface area contributed by atoms with Crippen LogP contribution in [-0.4, -0.2) is 10.8 Å². The van der Waals surface area contributed by atoms with E-state index < -0.39 is 0 Å². The van der Waals surface area contributed by atoms with E-state index in [1.807, 2.05) is 6.92 Å². The van der Waals surface area contributed by atoms with Gasteiger partial charge in [0.2, 0.25) is 0 Å². The highest BCUT2D eigenvalue weighted by Crippen LogP contribution is 2.24. The standard InChI is InChI=1S/C16H13FN2O/c1-9-6-11(18)3-4-12(9)16(20)14-8-19-15-5-2-10(17)7-13(14)15/h2-8,19H,18H2,1H3. The van der Waals surface area contributed by atoms with Crippen molar-refractivity contribution < 1.29 is 9.18 Å². The summed E-state index contributed by atoms with van der Waals surface area (Å²) >= 11 is 0. The first-order chi connectivity index (χ1) is 9.56. The van der Waals surface area contributed by atoms with E-state index in [-0.39, 0.29) is 11.6 Å². The lowest BCUT2D eigenvalue weighted by molar-refractivity contribution is 0.104. The van der Waals surface area contributed by atoms with Crippen molar-refractivity contribution in [1.82, 2.24) is 4.98 Å². The Labute approximate surface area is 115 Å². The number of hydrogen-bond donors (Lipinski definition) is 2. The van der Waals surface area contributed by atoms with Gasteiger partial charge in [-0.3, -0.25) is 4.79 Å². The molecule has 0 saturated carbocycles. The fraction of sp³-hybridized carbons (Fsp3) is 0.0625. The first-order valence-electron chi connectivity index (χ1n) is 6.24. The number of nitrogens with two attached hydrogens (primary N) is 1. The summed E-state index contributed by atoms with van der Waals surface area (Å²) in [5.74, 6) is -0.500. The summed E-state index contributed by atoms with van der Waals surface area (Å²) in [4.78, 5) is 15.6. The first-order valence-corrected chi connectivity index (χ1v) is 6.24. The number of nitrogens with one attached hydrogen (secondary N) is 1. The molecule has 0 aliphatic carbocycles. The fourth-order valence-electron chi connectivity index (χ4n) is 2.37. The van der Waals surface area contributed by atoms with Crippen LogP contribution in [0.2, 0.25) is 0 Å². The smallest absolute Gasteiger partial charge is 0.195 e. The van der Waals surface area contributed by atoms with Gasteiger partial charge in [0, 0.05) is 33.9 Å². The van der Waals surface area contributed by atoms with Gasteiger partial charge in [0.1, 0.15) is 5.82 Å². The number of aromatic nitrogens is 1. The number of rotatable bonds is 2. The van der Waals surface area contributed by atoms with Crippen LogP contribution in [0.1, 0.15) is 21.5 Å². The highest BCUT2D eigenvalue weighted by Gasteiger charge is 2.16. The second kappa shape index (κ2) is 4.49. The van der Waals surface area contributed by atoms with Gasteiger partial charge in [-0.1, -0.05) is 0 Å². The van der Waals surface area contributed by atoms with Crippen molar-refractivity contribution in [3.63, 3.8) is 0 Å². The van der Waals surface area contributed by atoms with E-state index in [4.69, 9.17) is 5.73 Å². The molecule has 0 radical (unpaired) electrons. The van der Waals surface area contributed by atoms with Crippen molar-refractivity contribution in [1.29, 1.82) is 0 Å². The number of carbonyl (C=O) groups excluding carboxylic acids is 1. The zero-order chi connectivity index (χ0) is 14.3. The fourth-order valence-corrected chi connectivity index (χ4v) is 2.37. The number of aryl methyl sites for hydroxylation is 1. The summed E-state index contributed by atoms with van der Waals surface area (Å²) in [6.07, 6.45) is 1.61. The summed E-state index contributed by atoms with van der Waals surface area (Å²) in [6.45, 7) is 1.83. The van der Waals surface area contributed by atoms with Gasteiger partial charge >= 0.3 is 0 Å². The number of benzene rings is 2. The topological polar surface area (TPSA) is 58.9 Å². The number of halogens is 1. The number of hydrogen-bond acceptors (Lipinski definition) is 2. The predicted molar refractivity (Wildman–Crippen MR) is 77.3 cm³/mol. The lowest BCUT2D eigenvalue weighted by Crippen LogP contribution is -2.03.